The van der Waals surface area contributed by atoms with Gasteiger partial charge in [0.15, 0.2) is 6.19 Å². The van der Waals surface area contributed by atoms with Crippen LogP contribution in [0.3, 0.4) is 0 Å². The lowest BCUT2D eigenvalue weighted by atomic mass is 9.92. The van der Waals surface area contributed by atoms with Gasteiger partial charge in [0, 0.05) is 25.2 Å². The number of piperidine rings is 1. The van der Waals surface area contributed by atoms with Crippen LogP contribution < -0.4 is 9.64 Å². The molecule has 1 saturated heterocycles. The van der Waals surface area contributed by atoms with Crippen LogP contribution in [0.5, 0.6) is 5.75 Å². The van der Waals surface area contributed by atoms with Gasteiger partial charge in [0.1, 0.15) is 5.75 Å². The molecule has 2 fully saturated rings. The van der Waals surface area contributed by atoms with E-state index in [1.165, 1.54) is 32.1 Å². The molecule has 0 atom stereocenters. The number of rotatable bonds is 6. The largest absolute Gasteiger partial charge is 0.497 e. The molecule has 31 heavy (non-hydrogen) atoms. The molecule has 0 spiro atoms. The predicted molar refractivity (Wildman–Crippen MR) is 128 cm³/mol. The molecule has 1 aliphatic heterocycles. The summed E-state index contributed by atoms with van der Waals surface area (Å²) >= 11 is 0. The minimum Gasteiger partial charge on any atom is -0.497 e. The van der Waals surface area contributed by atoms with Crippen molar-refractivity contribution in [2.45, 2.75) is 57.0 Å². The summed E-state index contributed by atoms with van der Waals surface area (Å²) in [5.74, 6) is 0.864. The van der Waals surface area contributed by atoms with Crippen LogP contribution in [0.2, 0.25) is 0 Å². The lowest BCUT2D eigenvalue weighted by Crippen LogP contribution is -2.47. The Bertz CT molecular complexity index is 884. The molecule has 0 radical (unpaired) electrons. The van der Waals surface area contributed by atoms with E-state index < -0.39 is 0 Å². The zero-order valence-corrected chi connectivity index (χ0v) is 18.5. The van der Waals surface area contributed by atoms with Crippen LogP contribution in [0, 0.1) is 11.5 Å². The fourth-order valence-corrected chi connectivity index (χ4v) is 4.96. The Balaban J connectivity index is 1.34. The van der Waals surface area contributed by atoms with Crippen molar-refractivity contribution in [2.75, 3.05) is 25.1 Å². The van der Waals surface area contributed by atoms with Gasteiger partial charge in [-0.15, -0.1) is 0 Å². The summed E-state index contributed by atoms with van der Waals surface area (Å²) in [6.45, 7) is 2.24. The van der Waals surface area contributed by atoms with E-state index >= 15 is 0 Å². The van der Waals surface area contributed by atoms with E-state index in [0.29, 0.717) is 6.04 Å². The smallest absolute Gasteiger partial charge is 0.184 e. The van der Waals surface area contributed by atoms with E-state index in [1.807, 2.05) is 29.2 Å². The van der Waals surface area contributed by atoms with Crippen LogP contribution in [0.15, 0.2) is 48.5 Å². The second kappa shape index (κ2) is 10.5. The van der Waals surface area contributed by atoms with Crippen LogP contribution in [0.1, 0.15) is 56.1 Å². The summed E-state index contributed by atoms with van der Waals surface area (Å²) in [6, 6.07) is 17.4. The number of anilines is 1. The van der Waals surface area contributed by atoms with Crippen molar-refractivity contribution in [1.82, 2.24) is 4.90 Å². The monoisotopic (exact) mass is 415 g/mol. The molecule has 1 aliphatic carbocycles. The summed E-state index contributed by atoms with van der Waals surface area (Å²) in [7, 11) is 1.68. The molecule has 0 bridgehead atoms. The van der Waals surface area contributed by atoms with Crippen LogP contribution in [-0.4, -0.2) is 37.2 Å². The highest BCUT2D eigenvalue weighted by molar-refractivity contribution is 5.71. The molecule has 1 saturated carbocycles. The topological polar surface area (TPSA) is 39.5 Å². The molecule has 1 heterocycles. The second-order valence-corrected chi connectivity index (χ2v) is 8.73. The number of hydrogen-bond acceptors (Lipinski definition) is 4. The van der Waals surface area contributed by atoms with Crippen LogP contribution in [-0.2, 0) is 0 Å². The highest BCUT2D eigenvalue weighted by atomic mass is 16.5. The van der Waals surface area contributed by atoms with Crippen molar-refractivity contribution in [3.8, 4) is 11.9 Å². The maximum Gasteiger partial charge on any atom is 0.184 e. The first-order chi connectivity index (χ1) is 15.3. The Morgan fingerprint density at radius 1 is 0.871 bits per heavy atom. The summed E-state index contributed by atoms with van der Waals surface area (Å²) < 4.78 is 5.21. The maximum absolute atomic E-state index is 9.85. The van der Waals surface area contributed by atoms with Crippen LogP contribution in [0.4, 0.5) is 5.69 Å². The van der Waals surface area contributed by atoms with Gasteiger partial charge in [0.05, 0.1) is 12.8 Å². The highest BCUT2D eigenvalue weighted by Crippen LogP contribution is 2.28. The van der Waals surface area contributed by atoms with E-state index in [2.05, 4.69) is 47.5 Å². The van der Waals surface area contributed by atoms with E-state index in [0.717, 1.165) is 54.5 Å². The first kappa shape index (κ1) is 21.5. The van der Waals surface area contributed by atoms with Crippen LogP contribution in [0.25, 0.3) is 12.2 Å². The third kappa shape index (κ3) is 5.48. The minimum atomic E-state index is 0.311. The Labute approximate surface area is 186 Å². The summed E-state index contributed by atoms with van der Waals surface area (Å²) in [5.41, 5.74) is 3.26. The van der Waals surface area contributed by atoms with Gasteiger partial charge < -0.3 is 9.64 Å². The Morgan fingerprint density at radius 2 is 1.45 bits per heavy atom. The van der Waals surface area contributed by atoms with Gasteiger partial charge in [-0.2, -0.15) is 5.26 Å². The van der Waals surface area contributed by atoms with Gasteiger partial charge >= 0.3 is 0 Å². The third-order valence-corrected chi connectivity index (χ3v) is 6.82. The van der Waals surface area contributed by atoms with Crippen LogP contribution >= 0.6 is 0 Å². The van der Waals surface area contributed by atoms with E-state index in [-0.39, 0.29) is 0 Å². The predicted octanol–water partition coefficient (Wildman–Crippen LogP) is 5.95. The Hall–Kier alpha value is -2.77. The molecular weight excluding hydrogens is 382 g/mol. The zero-order chi connectivity index (χ0) is 21.5. The van der Waals surface area contributed by atoms with Gasteiger partial charge in [0.25, 0.3) is 0 Å². The van der Waals surface area contributed by atoms with E-state index in [4.69, 9.17) is 4.74 Å². The molecular formula is C27H33N3O. The number of nitrogens with zero attached hydrogens (tertiary/aromatic N) is 3. The molecule has 162 valence electrons. The number of hydrogen-bond donors (Lipinski definition) is 0. The van der Waals surface area contributed by atoms with Crippen molar-refractivity contribution in [2.24, 2.45) is 0 Å². The molecule has 4 nitrogen and oxygen atoms in total. The minimum absolute atomic E-state index is 0.311. The number of ether oxygens (including phenoxy) is 1. The average Bonchev–Trinajstić information content (AvgIpc) is 2.85. The van der Waals surface area contributed by atoms with Crippen molar-refractivity contribution in [3.63, 3.8) is 0 Å². The van der Waals surface area contributed by atoms with E-state index in [1.54, 1.807) is 7.11 Å². The van der Waals surface area contributed by atoms with Crippen molar-refractivity contribution < 1.29 is 4.74 Å². The standard InChI is InChI=1S/C27H33N3O/c1-31-27-15-11-23(12-16-27)8-7-22-9-13-25(14-10-22)30(21-28)26-17-19-29(20-18-26)24-5-3-2-4-6-24/h7-16,24,26H,2-6,17-20H2,1H3/b8-7+. The van der Waals surface area contributed by atoms with Crippen molar-refractivity contribution in [1.29, 1.82) is 5.26 Å². The van der Waals surface area contributed by atoms with Gasteiger partial charge in [-0.25, -0.2) is 0 Å². The molecule has 0 amide bonds. The Morgan fingerprint density at radius 3 is 2.00 bits per heavy atom. The fourth-order valence-electron chi connectivity index (χ4n) is 4.96. The van der Waals surface area contributed by atoms with Crippen molar-refractivity contribution >= 4 is 17.8 Å². The SMILES string of the molecule is COc1ccc(/C=C/c2ccc(N(C#N)C3CCN(C4CCCCC4)CC3)cc2)cc1. The first-order valence-corrected chi connectivity index (χ1v) is 11.6. The summed E-state index contributed by atoms with van der Waals surface area (Å²) in [5, 5.41) is 9.85. The van der Waals surface area contributed by atoms with Gasteiger partial charge in [0.2, 0.25) is 0 Å². The summed E-state index contributed by atoms with van der Waals surface area (Å²) in [6.07, 6.45) is 15.7. The van der Waals surface area contributed by atoms with E-state index in [9.17, 15) is 5.26 Å². The molecule has 2 aromatic rings. The molecule has 4 heteroatoms. The lowest BCUT2D eigenvalue weighted by molar-refractivity contribution is 0.123. The second-order valence-electron chi connectivity index (χ2n) is 8.73. The van der Waals surface area contributed by atoms with Gasteiger partial charge in [-0.1, -0.05) is 55.7 Å². The molecule has 0 aromatic heterocycles. The average molecular weight is 416 g/mol. The molecule has 0 unspecified atom stereocenters. The normalized spacial score (nSPS) is 18.7. The number of methoxy groups -OCH3 is 1. The zero-order valence-electron chi connectivity index (χ0n) is 18.5. The highest BCUT2D eigenvalue weighted by Gasteiger charge is 2.29. The molecule has 2 aliphatic rings. The van der Waals surface area contributed by atoms with Gasteiger partial charge in [-0.05, 0) is 61.1 Å². The maximum atomic E-state index is 9.85. The lowest BCUT2D eigenvalue weighted by Gasteiger charge is -2.41. The first-order valence-electron chi connectivity index (χ1n) is 11.6. The summed E-state index contributed by atoms with van der Waals surface area (Å²) in [4.78, 5) is 4.60. The number of benzene rings is 2. The Kier molecular flexibility index (Phi) is 7.27. The molecule has 2 aromatic carbocycles. The number of likely N-dealkylation sites (tertiary alicyclic amines) is 1. The number of nitriles is 1. The molecule has 4 rings (SSSR count). The third-order valence-electron chi connectivity index (χ3n) is 6.82. The van der Waals surface area contributed by atoms with Crippen molar-refractivity contribution in [3.05, 3.63) is 59.7 Å². The quantitative estimate of drug-likeness (QED) is 0.332. The van der Waals surface area contributed by atoms with Gasteiger partial charge in [-0.3, -0.25) is 4.90 Å². The molecule has 0 N–H and O–H groups in total. The fraction of sp³-hybridized carbons (Fsp3) is 0.444.